The molecule has 1 aromatic rings. The molecule has 3 heteroatoms. The fraction of sp³-hybridized carbons (Fsp3) is 0.364. The molecule has 0 atom stereocenters. The van der Waals surface area contributed by atoms with Crippen molar-refractivity contribution in [1.29, 1.82) is 0 Å². The minimum absolute atomic E-state index is 0.0622. The van der Waals surface area contributed by atoms with Crippen molar-refractivity contribution in [2.24, 2.45) is 4.99 Å². The highest BCUT2D eigenvalue weighted by atomic mass is 16.3. The number of aliphatic hydroxyl groups excluding tert-OH is 1. The first-order valence-corrected chi connectivity index (χ1v) is 4.56. The van der Waals surface area contributed by atoms with Crippen LogP contribution in [0, 0.1) is 13.8 Å². The SMILES string of the molecule is Cc1cc(O)cc(C)c1/C=N/CCO. The Morgan fingerprint density at radius 1 is 1.29 bits per heavy atom. The Morgan fingerprint density at radius 2 is 1.86 bits per heavy atom. The molecule has 0 aliphatic heterocycles. The third-order valence-corrected chi connectivity index (χ3v) is 2.03. The molecule has 14 heavy (non-hydrogen) atoms. The molecule has 1 aromatic carbocycles. The topological polar surface area (TPSA) is 52.8 Å². The lowest BCUT2D eigenvalue weighted by Crippen LogP contribution is -1.94. The second kappa shape index (κ2) is 4.77. The number of phenols is 1. The van der Waals surface area contributed by atoms with Gasteiger partial charge in [0.05, 0.1) is 13.2 Å². The number of hydrogen-bond acceptors (Lipinski definition) is 3. The molecule has 0 saturated heterocycles. The Balaban J connectivity index is 2.96. The van der Waals surface area contributed by atoms with Crippen LogP contribution in [0.3, 0.4) is 0 Å². The van der Waals surface area contributed by atoms with Crippen LogP contribution in [0.15, 0.2) is 17.1 Å². The molecule has 0 aromatic heterocycles. The van der Waals surface area contributed by atoms with Crippen molar-refractivity contribution in [1.82, 2.24) is 0 Å². The predicted molar refractivity (Wildman–Crippen MR) is 57.1 cm³/mol. The monoisotopic (exact) mass is 193 g/mol. The minimum Gasteiger partial charge on any atom is -0.508 e. The van der Waals surface area contributed by atoms with E-state index in [-0.39, 0.29) is 12.4 Å². The maximum absolute atomic E-state index is 9.31. The third-order valence-electron chi connectivity index (χ3n) is 2.03. The third kappa shape index (κ3) is 2.57. The summed E-state index contributed by atoms with van der Waals surface area (Å²) in [6.07, 6.45) is 1.74. The molecule has 0 aliphatic rings. The summed E-state index contributed by atoms with van der Waals surface area (Å²) in [5.41, 5.74) is 2.99. The van der Waals surface area contributed by atoms with Gasteiger partial charge in [0.2, 0.25) is 0 Å². The molecule has 76 valence electrons. The van der Waals surface area contributed by atoms with Gasteiger partial charge in [-0.25, -0.2) is 0 Å². The van der Waals surface area contributed by atoms with Crippen molar-refractivity contribution in [3.8, 4) is 5.75 Å². The van der Waals surface area contributed by atoms with Gasteiger partial charge >= 0.3 is 0 Å². The van der Waals surface area contributed by atoms with E-state index in [9.17, 15) is 5.11 Å². The largest absolute Gasteiger partial charge is 0.508 e. The van der Waals surface area contributed by atoms with Crippen LogP contribution >= 0.6 is 0 Å². The Bertz CT molecular complexity index is 322. The average Bonchev–Trinajstić information content (AvgIpc) is 2.09. The quantitative estimate of drug-likeness (QED) is 0.713. The fourth-order valence-corrected chi connectivity index (χ4v) is 1.37. The Hall–Kier alpha value is -1.35. The smallest absolute Gasteiger partial charge is 0.116 e. The highest BCUT2D eigenvalue weighted by Gasteiger charge is 2.01. The van der Waals surface area contributed by atoms with Gasteiger partial charge in [-0.05, 0) is 42.7 Å². The molecule has 3 nitrogen and oxygen atoms in total. The molecule has 0 fully saturated rings. The Labute approximate surface area is 83.7 Å². The van der Waals surface area contributed by atoms with Gasteiger partial charge in [0, 0.05) is 6.21 Å². The van der Waals surface area contributed by atoms with Gasteiger partial charge in [-0.1, -0.05) is 0 Å². The first-order valence-electron chi connectivity index (χ1n) is 4.56. The van der Waals surface area contributed by atoms with E-state index in [1.54, 1.807) is 18.3 Å². The van der Waals surface area contributed by atoms with Crippen molar-refractivity contribution in [2.45, 2.75) is 13.8 Å². The molecular weight excluding hydrogens is 178 g/mol. The van der Waals surface area contributed by atoms with E-state index >= 15 is 0 Å². The summed E-state index contributed by atoms with van der Waals surface area (Å²) in [5, 5.41) is 17.9. The first kappa shape index (κ1) is 10.7. The van der Waals surface area contributed by atoms with Gasteiger partial charge in [0.25, 0.3) is 0 Å². The van der Waals surface area contributed by atoms with Gasteiger partial charge in [-0.2, -0.15) is 0 Å². The zero-order chi connectivity index (χ0) is 10.6. The van der Waals surface area contributed by atoms with E-state index in [1.165, 1.54) is 0 Å². The van der Waals surface area contributed by atoms with E-state index < -0.39 is 0 Å². The normalized spacial score (nSPS) is 11.1. The molecule has 2 N–H and O–H groups in total. The molecule has 0 radical (unpaired) electrons. The molecule has 0 unspecified atom stereocenters. The van der Waals surface area contributed by atoms with Gasteiger partial charge in [0.1, 0.15) is 5.75 Å². The Kier molecular flexibility index (Phi) is 3.65. The summed E-state index contributed by atoms with van der Waals surface area (Å²) < 4.78 is 0. The zero-order valence-electron chi connectivity index (χ0n) is 8.49. The van der Waals surface area contributed by atoms with Crippen LogP contribution in [-0.2, 0) is 0 Å². The highest BCUT2D eigenvalue weighted by molar-refractivity contribution is 5.84. The van der Waals surface area contributed by atoms with Crippen molar-refractivity contribution in [3.05, 3.63) is 28.8 Å². The number of rotatable bonds is 3. The second-order valence-corrected chi connectivity index (χ2v) is 3.25. The standard InChI is InChI=1S/C11H15NO2/c1-8-5-10(14)6-9(2)11(8)7-12-3-4-13/h5-7,13-14H,3-4H2,1-2H3/b12-7+. The molecular formula is C11H15NO2. The summed E-state index contributed by atoms with van der Waals surface area (Å²) in [7, 11) is 0. The van der Waals surface area contributed by atoms with E-state index in [0.29, 0.717) is 6.54 Å². The first-order chi connectivity index (χ1) is 6.65. The van der Waals surface area contributed by atoms with Gasteiger partial charge in [-0.15, -0.1) is 0 Å². The Morgan fingerprint density at radius 3 is 2.36 bits per heavy atom. The molecule has 1 rings (SSSR count). The maximum Gasteiger partial charge on any atom is 0.116 e. The number of phenolic OH excluding ortho intramolecular Hbond substituents is 1. The van der Waals surface area contributed by atoms with Gasteiger partial charge in [-0.3, -0.25) is 4.99 Å². The number of nitrogens with zero attached hydrogens (tertiary/aromatic N) is 1. The molecule has 0 heterocycles. The molecule has 0 spiro atoms. The summed E-state index contributed by atoms with van der Waals surface area (Å²) in [5.74, 6) is 0.277. The van der Waals surface area contributed by atoms with Crippen LogP contribution in [0.25, 0.3) is 0 Å². The summed E-state index contributed by atoms with van der Waals surface area (Å²) in [6, 6.07) is 3.40. The van der Waals surface area contributed by atoms with Crippen molar-refractivity contribution >= 4 is 6.21 Å². The molecule has 0 saturated carbocycles. The van der Waals surface area contributed by atoms with Gasteiger partial charge < -0.3 is 10.2 Å². The van der Waals surface area contributed by atoms with Crippen LogP contribution < -0.4 is 0 Å². The number of aliphatic imine (C=N–C) groups is 1. The predicted octanol–water partition coefficient (Wildman–Crippen LogP) is 1.42. The van der Waals surface area contributed by atoms with Gasteiger partial charge in [0.15, 0.2) is 0 Å². The van der Waals surface area contributed by atoms with Crippen LogP contribution in [0.1, 0.15) is 16.7 Å². The summed E-state index contributed by atoms with van der Waals surface area (Å²) in [4.78, 5) is 4.05. The summed E-state index contributed by atoms with van der Waals surface area (Å²) in [6.45, 7) is 4.33. The van der Waals surface area contributed by atoms with Crippen LogP contribution in [0.2, 0.25) is 0 Å². The number of benzene rings is 1. The fourth-order valence-electron chi connectivity index (χ4n) is 1.37. The van der Waals surface area contributed by atoms with E-state index in [2.05, 4.69) is 4.99 Å². The van der Waals surface area contributed by atoms with Crippen LogP contribution in [0.5, 0.6) is 5.75 Å². The number of aromatic hydroxyl groups is 1. The van der Waals surface area contributed by atoms with Crippen LogP contribution in [0.4, 0.5) is 0 Å². The molecule has 0 amide bonds. The van der Waals surface area contributed by atoms with Crippen molar-refractivity contribution in [2.75, 3.05) is 13.2 Å². The second-order valence-electron chi connectivity index (χ2n) is 3.25. The van der Waals surface area contributed by atoms with E-state index in [0.717, 1.165) is 16.7 Å². The number of aliphatic hydroxyl groups is 1. The lowest BCUT2D eigenvalue weighted by molar-refractivity contribution is 0.307. The zero-order valence-corrected chi connectivity index (χ0v) is 8.49. The summed E-state index contributed by atoms with van der Waals surface area (Å²) >= 11 is 0. The lowest BCUT2D eigenvalue weighted by atomic mass is 10.0. The number of hydrogen-bond donors (Lipinski definition) is 2. The van der Waals surface area contributed by atoms with Crippen LogP contribution in [-0.4, -0.2) is 29.6 Å². The lowest BCUT2D eigenvalue weighted by Gasteiger charge is -2.05. The van der Waals surface area contributed by atoms with Crippen molar-refractivity contribution in [3.63, 3.8) is 0 Å². The molecule has 0 aliphatic carbocycles. The van der Waals surface area contributed by atoms with E-state index in [1.807, 2.05) is 13.8 Å². The average molecular weight is 193 g/mol. The van der Waals surface area contributed by atoms with Crippen molar-refractivity contribution < 1.29 is 10.2 Å². The maximum atomic E-state index is 9.31. The highest BCUT2D eigenvalue weighted by Crippen LogP contribution is 2.18. The molecule has 0 bridgehead atoms. The van der Waals surface area contributed by atoms with E-state index in [4.69, 9.17) is 5.11 Å². The number of aryl methyl sites for hydroxylation is 2. The minimum atomic E-state index is 0.0622.